The van der Waals surface area contributed by atoms with Crippen LogP contribution in [0.5, 0.6) is 0 Å². The Labute approximate surface area is 134 Å². The van der Waals surface area contributed by atoms with Crippen molar-refractivity contribution in [3.63, 3.8) is 0 Å². The van der Waals surface area contributed by atoms with Crippen LogP contribution in [0.1, 0.15) is 13.3 Å². The van der Waals surface area contributed by atoms with Crippen molar-refractivity contribution < 1.29 is 9.53 Å². The first-order valence-corrected chi connectivity index (χ1v) is 8.66. The normalized spacial score (nSPS) is 46.0. The molecule has 1 aromatic carbocycles. The van der Waals surface area contributed by atoms with Crippen LogP contribution in [0.2, 0.25) is 0 Å². The summed E-state index contributed by atoms with van der Waals surface area (Å²) in [5.74, 6) is 0.162. The first kappa shape index (κ1) is 13.3. The molecule has 0 radical (unpaired) electrons. The van der Waals surface area contributed by atoms with E-state index < -0.39 is 5.60 Å². The molecule has 0 N–H and O–H groups in total. The van der Waals surface area contributed by atoms with Gasteiger partial charge in [0.25, 0.3) is 0 Å². The maximum Gasteiger partial charge on any atom is 0.233 e. The summed E-state index contributed by atoms with van der Waals surface area (Å²) in [6.07, 6.45) is 0.799. The Balaban J connectivity index is 1.74. The van der Waals surface area contributed by atoms with E-state index in [1.54, 1.807) is 0 Å². The van der Waals surface area contributed by atoms with Gasteiger partial charge in [0.05, 0.1) is 27.7 Å². The molecular weight excluding hydrogens is 386 g/mol. The summed E-state index contributed by atoms with van der Waals surface area (Å²) in [6, 6.07) is 9.87. The summed E-state index contributed by atoms with van der Waals surface area (Å²) >= 11 is 7.51. The Morgan fingerprint density at radius 1 is 1.25 bits per heavy atom. The molecule has 2 bridgehead atoms. The van der Waals surface area contributed by atoms with E-state index in [2.05, 4.69) is 38.8 Å². The van der Waals surface area contributed by atoms with Crippen LogP contribution in [0, 0.1) is 5.92 Å². The Hall–Kier alpha value is -0.390. The molecule has 3 aliphatic heterocycles. The second kappa shape index (κ2) is 4.08. The topological polar surface area (TPSA) is 29.5 Å². The van der Waals surface area contributed by atoms with Gasteiger partial charge in [-0.15, -0.1) is 0 Å². The number of nitrogens with zero attached hydrogens (tertiary/aromatic N) is 1. The van der Waals surface area contributed by atoms with E-state index in [0.29, 0.717) is 6.54 Å². The van der Waals surface area contributed by atoms with E-state index in [1.165, 1.54) is 0 Å². The van der Waals surface area contributed by atoms with Crippen LogP contribution < -0.4 is 4.90 Å². The van der Waals surface area contributed by atoms with Crippen LogP contribution in [-0.4, -0.2) is 33.3 Å². The Kier molecular flexibility index (Phi) is 2.71. The smallest absolute Gasteiger partial charge is 0.233 e. The monoisotopic (exact) mass is 399 g/mol. The minimum Gasteiger partial charge on any atom is -0.364 e. The van der Waals surface area contributed by atoms with E-state index >= 15 is 0 Å². The van der Waals surface area contributed by atoms with Crippen LogP contribution in [0.25, 0.3) is 0 Å². The number of hydrogen-bond acceptors (Lipinski definition) is 2. The molecule has 0 saturated carbocycles. The Bertz CT molecular complexity index is 580. The highest BCUT2D eigenvalue weighted by Crippen LogP contribution is 2.62. The zero-order valence-corrected chi connectivity index (χ0v) is 14.2. The predicted octanol–water partition coefficient (Wildman–Crippen LogP) is 3.11. The number of amides is 1. The first-order chi connectivity index (χ1) is 9.48. The van der Waals surface area contributed by atoms with E-state index in [9.17, 15) is 4.79 Å². The second-order valence-electron chi connectivity index (χ2n) is 6.19. The van der Waals surface area contributed by atoms with Gasteiger partial charge in [-0.3, -0.25) is 4.79 Å². The number of para-hydroxylation sites is 1. The minimum atomic E-state index is -0.393. The second-order valence-corrected chi connectivity index (χ2v) is 8.16. The number of rotatable bonds is 1. The standard InChI is InChI=1S/C15H15Br2NO2/c1-14-7-10-13(19)18(9-5-3-2-4-6-9)8-15(10,20-14)12(17)11(14)16/h2-6,10-12H,7-8H2,1H3/t10-,11-,12-,14-,15+/m1/s1. The highest BCUT2D eigenvalue weighted by molar-refractivity contribution is 9.12. The third-order valence-corrected chi connectivity index (χ3v) is 8.48. The summed E-state index contributed by atoms with van der Waals surface area (Å²) in [7, 11) is 0. The fourth-order valence-corrected chi connectivity index (χ4v) is 5.81. The van der Waals surface area contributed by atoms with E-state index in [0.717, 1.165) is 12.1 Å². The molecule has 5 heteroatoms. The lowest BCUT2D eigenvalue weighted by Crippen LogP contribution is -2.47. The molecule has 3 nitrogen and oxygen atoms in total. The molecule has 3 fully saturated rings. The van der Waals surface area contributed by atoms with Crippen molar-refractivity contribution in [2.24, 2.45) is 5.92 Å². The summed E-state index contributed by atoms with van der Waals surface area (Å²) in [5.41, 5.74) is 0.330. The van der Waals surface area contributed by atoms with Gasteiger partial charge in [-0.05, 0) is 25.5 Å². The molecule has 0 aliphatic carbocycles. The molecule has 3 heterocycles. The van der Waals surface area contributed by atoms with Gasteiger partial charge in [-0.25, -0.2) is 0 Å². The predicted molar refractivity (Wildman–Crippen MR) is 84.6 cm³/mol. The fourth-order valence-electron chi connectivity index (χ4n) is 3.97. The number of carbonyl (C=O) groups excluding carboxylic acids is 1. The third kappa shape index (κ3) is 1.46. The number of alkyl halides is 2. The largest absolute Gasteiger partial charge is 0.364 e. The third-order valence-electron chi connectivity index (χ3n) is 4.97. The number of fused-ring (bicyclic) bond motifs is 1. The molecule has 0 aromatic heterocycles. The minimum absolute atomic E-state index is 0.0362. The lowest BCUT2D eigenvalue weighted by atomic mass is 9.76. The van der Waals surface area contributed by atoms with Gasteiger partial charge < -0.3 is 9.64 Å². The number of anilines is 1. The molecule has 4 rings (SSSR count). The summed E-state index contributed by atoms with van der Waals surface area (Å²) in [5, 5.41) is 0. The zero-order chi connectivity index (χ0) is 14.1. The van der Waals surface area contributed by atoms with Gasteiger partial charge in [0.1, 0.15) is 5.60 Å². The summed E-state index contributed by atoms with van der Waals surface area (Å²) < 4.78 is 6.36. The Morgan fingerprint density at radius 3 is 2.60 bits per heavy atom. The summed E-state index contributed by atoms with van der Waals surface area (Å²) in [6.45, 7) is 2.74. The van der Waals surface area contributed by atoms with Crippen molar-refractivity contribution in [3.05, 3.63) is 30.3 Å². The number of carbonyl (C=O) groups is 1. The number of ether oxygens (including phenoxy) is 1. The lowest BCUT2D eigenvalue weighted by Gasteiger charge is -2.31. The molecule has 3 aliphatic rings. The van der Waals surface area contributed by atoms with Gasteiger partial charge >= 0.3 is 0 Å². The van der Waals surface area contributed by atoms with Crippen LogP contribution in [0.4, 0.5) is 5.69 Å². The van der Waals surface area contributed by atoms with Crippen LogP contribution in [-0.2, 0) is 9.53 Å². The van der Waals surface area contributed by atoms with Gasteiger partial charge in [-0.2, -0.15) is 0 Å². The van der Waals surface area contributed by atoms with Crippen LogP contribution in [0.3, 0.4) is 0 Å². The summed E-state index contributed by atoms with van der Waals surface area (Å²) in [4.78, 5) is 15.1. The van der Waals surface area contributed by atoms with Crippen molar-refractivity contribution >= 4 is 43.5 Å². The molecule has 0 unspecified atom stereocenters. The Morgan fingerprint density at radius 2 is 1.95 bits per heavy atom. The highest BCUT2D eigenvalue weighted by Gasteiger charge is 2.73. The number of hydrogen-bond donors (Lipinski definition) is 0. The van der Waals surface area contributed by atoms with Crippen molar-refractivity contribution in [1.82, 2.24) is 0 Å². The van der Waals surface area contributed by atoms with Crippen molar-refractivity contribution in [2.45, 2.75) is 34.2 Å². The quantitative estimate of drug-likeness (QED) is 0.678. The molecule has 20 heavy (non-hydrogen) atoms. The molecule has 3 saturated heterocycles. The molecule has 1 aromatic rings. The van der Waals surface area contributed by atoms with Gasteiger partial charge in [0.2, 0.25) is 5.91 Å². The first-order valence-electron chi connectivity index (χ1n) is 6.83. The number of halogens is 2. The molecule has 106 valence electrons. The van der Waals surface area contributed by atoms with Gasteiger partial charge in [0.15, 0.2) is 0 Å². The SMILES string of the molecule is C[C@]12C[C@@H]3C(=O)N(c4ccccc4)C[C@@]3(O1)[C@H](Br)[C@H]2Br. The lowest BCUT2D eigenvalue weighted by molar-refractivity contribution is -0.121. The average molecular weight is 401 g/mol. The maximum absolute atomic E-state index is 12.8. The van der Waals surface area contributed by atoms with E-state index in [4.69, 9.17) is 4.74 Å². The van der Waals surface area contributed by atoms with E-state index in [1.807, 2.05) is 35.2 Å². The molecule has 1 amide bonds. The number of benzene rings is 1. The zero-order valence-electron chi connectivity index (χ0n) is 11.1. The van der Waals surface area contributed by atoms with Crippen molar-refractivity contribution in [1.29, 1.82) is 0 Å². The maximum atomic E-state index is 12.8. The average Bonchev–Trinajstić information content (AvgIpc) is 2.97. The van der Waals surface area contributed by atoms with Gasteiger partial charge in [0, 0.05) is 5.69 Å². The van der Waals surface area contributed by atoms with Gasteiger partial charge in [-0.1, -0.05) is 50.1 Å². The fraction of sp³-hybridized carbons (Fsp3) is 0.533. The molecular formula is C15H15Br2NO2. The van der Waals surface area contributed by atoms with Crippen LogP contribution >= 0.6 is 31.9 Å². The van der Waals surface area contributed by atoms with Crippen LogP contribution in [0.15, 0.2) is 30.3 Å². The molecule has 1 spiro atoms. The molecule has 5 atom stereocenters. The highest BCUT2D eigenvalue weighted by atomic mass is 79.9. The van der Waals surface area contributed by atoms with Crippen molar-refractivity contribution in [3.8, 4) is 0 Å². The van der Waals surface area contributed by atoms with Crippen molar-refractivity contribution in [2.75, 3.05) is 11.4 Å². The van der Waals surface area contributed by atoms with E-state index in [-0.39, 0.29) is 27.1 Å².